The van der Waals surface area contributed by atoms with E-state index in [9.17, 15) is 13.6 Å². The first kappa shape index (κ1) is 13.5. The van der Waals surface area contributed by atoms with Gasteiger partial charge in [-0.15, -0.1) is 0 Å². The van der Waals surface area contributed by atoms with Crippen molar-refractivity contribution in [3.05, 3.63) is 30.0 Å². The van der Waals surface area contributed by atoms with Crippen molar-refractivity contribution in [1.29, 1.82) is 0 Å². The fourth-order valence-corrected chi connectivity index (χ4v) is 3.81. The van der Waals surface area contributed by atoms with E-state index in [1.54, 1.807) is 24.4 Å². The number of hydrogen-bond donors (Lipinski definition) is 1. The number of esters is 1. The van der Waals surface area contributed by atoms with E-state index >= 15 is 0 Å². The number of methoxy groups -OCH3 is 1. The second kappa shape index (κ2) is 4.99. The van der Waals surface area contributed by atoms with Gasteiger partial charge in [-0.25, -0.2) is 0 Å². The molecule has 7 heteroatoms. The Labute approximate surface area is 116 Å². The molecule has 0 spiro atoms. The first-order valence-electron chi connectivity index (χ1n) is 4.86. The summed E-state index contributed by atoms with van der Waals surface area (Å²) in [6, 6.07) is 4.83. The molecule has 1 aromatic carbocycles. The van der Waals surface area contributed by atoms with Crippen LogP contribution in [0.1, 0.15) is 10.4 Å². The molecule has 0 aliphatic carbocycles. The molecule has 0 aliphatic heterocycles. The van der Waals surface area contributed by atoms with Gasteiger partial charge in [-0.1, -0.05) is 0 Å². The van der Waals surface area contributed by atoms with Crippen LogP contribution in [-0.2, 0) is 4.74 Å². The summed E-state index contributed by atoms with van der Waals surface area (Å²) in [6.07, 6.45) is 1.54. The van der Waals surface area contributed by atoms with Gasteiger partial charge in [-0.05, 0) is 0 Å². The summed E-state index contributed by atoms with van der Waals surface area (Å²) in [5, 5.41) is 0.622. The Bertz CT molecular complexity index is 594. The fraction of sp³-hybridized carbons (Fsp3) is 0.182. The van der Waals surface area contributed by atoms with Crippen LogP contribution in [0.3, 0.4) is 0 Å². The number of hydrogen-bond acceptors (Lipinski definition) is 2. The predicted molar refractivity (Wildman–Crippen MR) is 68.9 cm³/mol. The van der Waals surface area contributed by atoms with E-state index in [0.29, 0.717) is 15.4 Å². The number of H-pyrrole nitrogens is 1. The molecule has 3 nitrogen and oxygen atoms in total. The van der Waals surface area contributed by atoms with E-state index < -0.39 is 24.7 Å². The van der Waals surface area contributed by atoms with Crippen LogP contribution in [0.15, 0.2) is 24.4 Å². The van der Waals surface area contributed by atoms with Crippen LogP contribution >= 0.6 is 15.9 Å². The minimum absolute atomic E-state index is 0.347. The number of ether oxygens (including phenoxy) is 1. The second-order valence-corrected chi connectivity index (χ2v) is 8.06. The molecular weight excluding hydrogens is 375 g/mol. The molecule has 0 radical (unpaired) electrons. The number of halogens is 3. The van der Waals surface area contributed by atoms with Crippen molar-refractivity contribution >= 4 is 52.2 Å². The van der Waals surface area contributed by atoms with E-state index in [-0.39, 0.29) is 0 Å². The zero-order valence-corrected chi connectivity index (χ0v) is 12.5. The van der Waals surface area contributed by atoms with Crippen LogP contribution in [-0.4, -0.2) is 36.8 Å². The number of rotatable bonds is 3. The zero-order valence-electron chi connectivity index (χ0n) is 9.17. The number of nitrogens with one attached hydrogen (secondary N) is 1. The Morgan fingerprint density at radius 1 is 1.50 bits per heavy atom. The van der Waals surface area contributed by atoms with Gasteiger partial charge < -0.3 is 0 Å². The predicted octanol–water partition coefficient (Wildman–Crippen LogP) is 2.23. The van der Waals surface area contributed by atoms with E-state index in [0.717, 1.165) is 5.52 Å². The molecule has 2 rings (SSSR count). The van der Waals surface area contributed by atoms with Gasteiger partial charge in [0.15, 0.2) is 0 Å². The summed E-state index contributed by atoms with van der Waals surface area (Å²) in [6.45, 7) is 0. The van der Waals surface area contributed by atoms with Gasteiger partial charge in [0, 0.05) is 0 Å². The summed E-state index contributed by atoms with van der Waals surface area (Å²) in [7, 11) is 1.28. The second-order valence-electron chi connectivity index (χ2n) is 3.45. The molecule has 1 aromatic heterocycles. The van der Waals surface area contributed by atoms with Gasteiger partial charge in [0.2, 0.25) is 0 Å². The van der Waals surface area contributed by atoms with Crippen LogP contribution in [0, 0.1) is 0 Å². The normalized spacial score (nSPS) is 11.8. The molecule has 0 unspecified atom stereocenters. The third kappa shape index (κ3) is 2.91. The number of alkyl halides is 3. The SMILES string of the molecule is COC(=O)c1ccc2[nH]cc([Se]C(F)(F)Br)c2c1. The van der Waals surface area contributed by atoms with Crippen molar-refractivity contribution in [2.45, 2.75) is 3.73 Å². The van der Waals surface area contributed by atoms with Crippen LogP contribution in [0.25, 0.3) is 10.9 Å². The fourth-order valence-electron chi connectivity index (χ4n) is 1.55. The molecule has 96 valence electrons. The summed E-state index contributed by atoms with van der Waals surface area (Å²) in [4.78, 5) is 14.3. The van der Waals surface area contributed by atoms with Crippen LogP contribution in [0.2, 0.25) is 0 Å². The maximum atomic E-state index is 13.0. The molecule has 0 saturated carbocycles. The molecule has 1 N–H and O–H groups in total. The molecule has 0 atom stereocenters. The zero-order chi connectivity index (χ0) is 13.3. The molecule has 0 saturated heterocycles. The van der Waals surface area contributed by atoms with Crippen molar-refractivity contribution in [3.63, 3.8) is 0 Å². The number of aromatic amines is 1. The van der Waals surface area contributed by atoms with Crippen molar-refractivity contribution in [2.24, 2.45) is 0 Å². The van der Waals surface area contributed by atoms with Gasteiger partial charge in [-0.2, -0.15) is 0 Å². The Kier molecular flexibility index (Phi) is 3.75. The monoisotopic (exact) mass is 383 g/mol. The standard InChI is InChI=1S/C11H8BrF2NO2Se/c1-17-10(16)6-2-3-8-7(4-6)9(5-15-8)18-11(12,13)14/h2-5,15H,1H3. The number of aromatic nitrogens is 1. The quantitative estimate of drug-likeness (QED) is 0.502. The van der Waals surface area contributed by atoms with Crippen molar-refractivity contribution in [1.82, 2.24) is 4.98 Å². The Morgan fingerprint density at radius 3 is 2.83 bits per heavy atom. The van der Waals surface area contributed by atoms with Gasteiger partial charge >= 0.3 is 116 Å². The molecule has 0 amide bonds. The summed E-state index contributed by atoms with van der Waals surface area (Å²) < 4.78 is 28.2. The molecule has 2 aromatic rings. The molecular formula is C11H8BrF2NO2Se. The number of fused-ring (bicyclic) bond motifs is 1. The van der Waals surface area contributed by atoms with Gasteiger partial charge in [0.05, 0.1) is 0 Å². The topological polar surface area (TPSA) is 42.1 Å². The molecule has 18 heavy (non-hydrogen) atoms. The van der Waals surface area contributed by atoms with Gasteiger partial charge in [0.1, 0.15) is 0 Å². The third-order valence-corrected chi connectivity index (χ3v) is 4.79. The van der Waals surface area contributed by atoms with Crippen LogP contribution < -0.4 is 4.46 Å². The molecule has 0 aliphatic rings. The molecule has 0 bridgehead atoms. The Balaban J connectivity index is 2.46. The van der Waals surface area contributed by atoms with E-state index in [2.05, 4.69) is 25.7 Å². The van der Waals surface area contributed by atoms with Crippen molar-refractivity contribution < 1.29 is 18.3 Å². The minimum atomic E-state index is -2.91. The maximum absolute atomic E-state index is 13.0. The summed E-state index contributed by atoms with van der Waals surface area (Å²) >= 11 is 1.28. The number of carbonyl (C=O) groups is 1. The summed E-state index contributed by atoms with van der Waals surface area (Å²) in [5.74, 6) is -0.484. The van der Waals surface area contributed by atoms with Crippen molar-refractivity contribution in [3.8, 4) is 0 Å². The summed E-state index contributed by atoms with van der Waals surface area (Å²) in [5.41, 5.74) is 1.07. The van der Waals surface area contributed by atoms with Crippen molar-refractivity contribution in [2.75, 3.05) is 7.11 Å². The number of carbonyl (C=O) groups excluding carboxylic acids is 1. The van der Waals surface area contributed by atoms with E-state index in [1.165, 1.54) is 7.11 Å². The average Bonchev–Trinajstić information content (AvgIpc) is 2.68. The average molecular weight is 383 g/mol. The Morgan fingerprint density at radius 2 is 2.22 bits per heavy atom. The molecule has 1 heterocycles. The van der Waals surface area contributed by atoms with Crippen LogP contribution in [0.4, 0.5) is 8.78 Å². The Hall–Kier alpha value is -0.911. The number of benzene rings is 1. The van der Waals surface area contributed by atoms with Crippen LogP contribution in [0.5, 0.6) is 0 Å². The van der Waals surface area contributed by atoms with Gasteiger partial charge in [-0.3, -0.25) is 0 Å². The first-order chi connectivity index (χ1) is 8.40. The first-order valence-corrected chi connectivity index (χ1v) is 7.36. The van der Waals surface area contributed by atoms with E-state index in [4.69, 9.17) is 0 Å². The van der Waals surface area contributed by atoms with E-state index in [1.807, 2.05) is 0 Å². The third-order valence-electron chi connectivity index (χ3n) is 2.29. The van der Waals surface area contributed by atoms with Gasteiger partial charge in [0.25, 0.3) is 0 Å². The molecule has 0 fully saturated rings.